The molecule has 0 saturated carbocycles. The van der Waals surface area contributed by atoms with Crippen LogP contribution in [0.4, 0.5) is 11.5 Å². The van der Waals surface area contributed by atoms with E-state index >= 15 is 0 Å². The van der Waals surface area contributed by atoms with Crippen molar-refractivity contribution in [3.8, 4) is 40.0 Å². The molecular weight excluding hydrogens is 414 g/mol. The number of aromatic nitrogens is 2. The Balaban J connectivity index is 1.79. The predicted molar refractivity (Wildman–Crippen MR) is 120 cm³/mol. The van der Waals surface area contributed by atoms with E-state index in [1.54, 1.807) is 52.2 Å². The average molecular weight is 439 g/mol. The van der Waals surface area contributed by atoms with Crippen LogP contribution in [0.1, 0.15) is 5.56 Å². The number of nitrogens with one attached hydrogen (secondary N) is 1. The van der Waals surface area contributed by atoms with E-state index in [4.69, 9.17) is 23.7 Å². The van der Waals surface area contributed by atoms with Crippen LogP contribution >= 0.6 is 0 Å². The van der Waals surface area contributed by atoms with E-state index in [0.29, 0.717) is 53.2 Å². The summed E-state index contributed by atoms with van der Waals surface area (Å²) in [5.74, 6) is 3.12. The largest absolute Gasteiger partial charge is 0.493 e. The fraction of sp³-hybridized carbons (Fsp3) is 0.304. The Kier molecular flexibility index (Phi) is 5.81. The fourth-order valence-electron chi connectivity index (χ4n) is 3.91. The second-order valence-corrected chi connectivity index (χ2v) is 7.11. The Hall–Kier alpha value is -3.88. The third kappa shape index (κ3) is 3.66. The topological polar surface area (TPSA) is 93.1 Å². The van der Waals surface area contributed by atoms with Gasteiger partial charge in [0.1, 0.15) is 5.82 Å². The van der Waals surface area contributed by atoms with Gasteiger partial charge in [-0.1, -0.05) is 0 Å². The zero-order valence-corrected chi connectivity index (χ0v) is 18.6. The van der Waals surface area contributed by atoms with Crippen LogP contribution in [0.25, 0.3) is 11.3 Å². The number of benzene rings is 2. The number of aryl methyl sites for hydroxylation is 1. The minimum absolute atomic E-state index is 0.335. The van der Waals surface area contributed by atoms with Crippen molar-refractivity contribution >= 4 is 11.5 Å². The number of fused-ring (bicyclic) bond motifs is 3. The van der Waals surface area contributed by atoms with Crippen LogP contribution in [0.5, 0.6) is 28.7 Å². The van der Waals surface area contributed by atoms with E-state index < -0.39 is 0 Å². The maximum Gasteiger partial charge on any atom is 0.350 e. The maximum atomic E-state index is 12.8. The molecular formula is C23H25N3O6. The molecule has 3 aromatic rings. The number of ether oxygens (including phenoxy) is 5. The lowest BCUT2D eigenvalue weighted by Gasteiger charge is -2.23. The number of nitrogens with zero attached hydrogens (tertiary/aromatic N) is 2. The van der Waals surface area contributed by atoms with Crippen LogP contribution < -0.4 is 34.7 Å². The van der Waals surface area contributed by atoms with Gasteiger partial charge in [0.25, 0.3) is 0 Å². The molecule has 2 heterocycles. The zero-order chi connectivity index (χ0) is 22.8. The molecule has 0 saturated heterocycles. The molecule has 32 heavy (non-hydrogen) atoms. The predicted octanol–water partition coefficient (Wildman–Crippen LogP) is 3.25. The van der Waals surface area contributed by atoms with Gasteiger partial charge in [0, 0.05) is 36.0 Å². The van der Waals surface area contributed by atoms with E-state index in [-0.39, 0.29) is 5.69 Å². The minimum Gasteiger partial charge on any atom is -0.493 e. The van der Waals surface area contributed by atoms with Crippen LogP contribution in [0.15, 0.2) is 35.1 Å². The molecule has 2 aromatic carbocycles. The summed E-state index contributed by atoms with van der Waals surface area (Å²) in [5.41, 5.74) is 3.04. The molecule has 168 valence electrons. The number of hydrogen-bond donors (Lipinski definition) is 1. The molecule has 0 spiro atoms. The molecule has 9 heteroatoms. The lowest BCUT2D eigenvalue weighted by atomic mass is 9.97. The van der Waals surface area contributed by atoms with Crippen molar-refractivity contribution < 1.29 is 23.7 Å². The van der Waals surface area contributed by atoms with E-state index in [9.17, 15) is 4.79 Å². The first-order valence-corrected chi connectivity index (χ1v) is 9.97. The molecule has 0 unspecified atom stereocenters. The van der Waals surface area contributed by atoms with Gasteiger partial charge in [-0.15, -0.1) is 0 Å². The summed E-state index contributed by atoms with van der Waals surface area (Å²) in [7, 11) is 7.82. The van der Waals surface area contributed by atoms with Crippen LogP contribution in [0, 0.1) is 0 Å². The molecule has 1 aliphatic rings. The Morgan fingerprint density at radius 2 is 1.44 bits per heavy atom. The number of methoxy groups -OCH3 is 5. The van der Waals surface area contributed by atoms with Gasteiger partial charge in [0.2, 0.25) is 5.75 Å². The molecule has 0 atom stereocenters. The molecule has 1 aromatic heterocycles. The molecule has 1 N–H and O–H groups in total. The Morgan fingerprint density at radius 1 is 0.812 bits per heavy atom. The molecule has 0 fully saturated rings. The van der Waals surface area contributed by atoms with Gasteiger partial charge in [-0.25, -0.2) is 4.79 Å². The molecule has 9 nitrogen and oxygen atoms in total. The second-order valence-electron chi connectivity index (χ2n) is 7.11. The molecule has 0 aliphatic carbocycles. The third-order valence-electron chi connectivity index (χ3n) is 5.44. The van der Waals surface area contributed by atoms with Gasteiger partial charge >= 0.3 is 5.69 Å². The van der Waals surface area contributed by atoms with Crippen molar-refractivity contribution in [2.24, 2.45) is 0 Å². The first kappa shape index (κ1) is 21.4. The van der Waals surface area contributed by atoms with Gasteiger partial charge in [0.15, 0.2) is 23.0 Å². The second kappa shape index (κ2) is 8.70. The number of hydrogen-bond acceptors (Lipinski definition) is 8. The van der Waals surface area contributed by atoms with E-state index in [1.807, 2.05) is 18.2 Å². The third-order valence-corrected chi connectivity index (χ3v) is 5.44. The number of rotatable bonds is 7. The van der Waals surface area contributed by atoms with Crippen LogP contribution in [0.3, 0.4) is 0 Å². The number of anilines is 2. The van der Waals surface area contributed by atoms with E-state index in [2.05, 4.69) is 10.3 Å². The summed E-state index contributed by atoms with van der Waals surface area (Å²) in [4.78, 5) is 17.0. The fourth-order valence-corrected chi connectivity index (χ4v) is 3.91. The monoisotopic (exact) mass is 439 g/mol. The smallest absolute Gasteiger partial charge is 0.350 e. The highest BCUT2D eigenvalue weighted by Gasteiger charge is 2.22. The summed E-state index contributed by atoms with van der Waals surface area (Å²) >= 11 is 0. The summed E-state index contributed by atoms with van der Waals surface area (Å²) < 4.78 is 28.7. The summed E-state index contributed by atoms with van der Waals surface area (Å²) in [6.07, 6.45) is 0.698. The molecule has 0 bridgehead atoms. The van der Waals surface area contributed by atoms with Gasteiger partial charge in [0.05, 0.1) is 41.2 Å². The van der Waals surface area contributed by atoms with Crippen molar-refractivity contribution in [3.63, 3.8) is 0 Å². The van der Waals surface area contributed by atoms with Gasteiger partial charge in [-0.05, 0) is 24.1 Å². The first-order valence-electron chi connectivity index (χ1n) is 9.97. The Morgan fingerprint density at radius 3 is 2.03 bits per heavy atom. The molecule has 4 rings (SSSR count). The Labute approximate surface area is 185 Å². The van der Waals surface area contributed by atoms with Crippen LogP contribution in [-0.4, -0.2) is 45.1 Å². The van der Waals surface area contributed by atoms with Gasteiger partial charge in [-0.2, -0.15) is 4.98 Å². The van der Waals surface area contributed by atoms with Crippen molar-refractivity contribution in [3.05, 3.63) is 46.4 Å². The summed E-state index contributed by atoms with van der Waals surface area (Å²) in [6.45, 7) is 0.536. The normalized spacial score (nSPS) is 11.8. The van der Waals surface area contributed by atoms with Crippen molar-refractivity contribution in [2.75, 3.05) is 40.9 Å². The molecule has 1 aliphatic heterocycles. The zero-order valence-electron chi connectivity index (χ0n) is 18.6. The summed E-state index contributed by atoms with van der Waals surface area (Å²) in [5, 5.41) is 3.18. The first-order chi connectivity index (χ1) is 15.5. The van der Waals surface area contributed by atoms with Crippen LogP contribution in [0.2, 0.25) is 0 Å². The van der Waals surface area contributed by atoms with E-state index in [0.717, 1.165) is 16.8 Å². The average Bonchev–Trinajstić information content (AvgIpc) is 2.82. The van der Waals surface area contributed by atoms with Crippen molar-refractivity contribution in [1.82, 2.24) is 9.55 Å². The summed E-state index contributed by atoms with van der Waals surface area (Å²) in [6, 6.07) is 9.19. The maximum absolute atomic E-state index is 12.8. The van der Waals surface area contributed by atoms with E-state index in [1.165, 1.54) is 0 Å². The van der Waals surface area contributed by atoms with Crippen molar-refractivity contribution in [1.29, 1.82) is 0 Å². The van der Waals surface area contributed by atoms with Crippen LogP contribution in [-0.2, 0) is 13.0 Å². The lowest BCUT2D eigenvalue weighted by molar-refractivity contribution is 0.324. The van der Waals surface area contributed by atoms with Gasteiger partial charge in [-0.3, -0.25) is 4.57 Å². The van der Waals surface area contributed by atoms with Gasteiger partial charge < -0.3 is 29.0 Å². The highest BCUT2D eigenvalue weighted by Crippen LogP contribution is 2.41. The molecule has 0 amide bonds. The highest BCUT2D eigenvalue weighted by atomic mass is 16.5. The SMILES string of the molecule is COc1cc2c(cc1OC)-c1cc(Nc3cc(OC)c(OC)c(OC)c3)nc(=O)n1CC2. The molecule has 0 radical (unpaired) electrons. The van der Waals surface area contributed by atoms with Crippen molar-refractivity contribution in [2.45, 2.75) is 13.0 Å². The minimum atomic E-state index is -0.335. The Bertz CT molecular complexity index is 1200. The highest BCUT2D eigenvalue weighted by molar-refractivity contribution is 5.74. The standard InChI is InChI=1S/C23H25N3O6/c1-28-17-8-13-6-7-26-16(15(13)11-18(17)29-2)12-21(25-23(26)27)24-14-9-19(30-3)22(32-5)20(10-14)31-4/h8-12H,6-7H2,1-5H3,(H,24,25,27). The quantitative estimate of drug-likeness (QED) is 0.600. The lowest BCUT2D eigenvalue weighted by Crippen LogP contribution is -2.28.